The van der Waals surface area contributed by atoms with E-state index in [9.17, 15) is 9.59 Å². The highest BCUT2D eigenvalue weighted by Gasteiger charge is 2.15. The summed E-state index contributed by atoms with van der Waals surface area (Å²) in [6, 6.07) is 3.13. The minimum atomic E-state index is -0.357. The van der Waals surface area contributed by atoms with Gasteiger partial charge in [-0.3, -0.25) is 9.59 Å². The van der Waals surface area contributed by atoms with Gasteiger partial charge in [0.15, 0.2) is 11.5 Å². The maximum Gasteiger partial charge on any atom is 0.250 e. The zero-order chi connectivity index (χ0) is 16.5. The van der Waals surface area contributed by atoms with Gasteiger partial charge in [-0.25, -0.2) is 0 Å². The van der Waals surface area contributed by atoms with Crippen molar-refractivity contribution in [1.82, 2.24) is 0 Å². The number of hydrogen-bond acceptors (Lipinski definition) is 6. The molecule has 0 aromatic heterocycles. The van der Waals surface area contributed by atoms with Gasteiger partial charge in [-0.15, -0.1) is 0 Å². The molecule has 122 valence electrons. The molecule has 0 aliphatic carbocycles. The van der Waals surface area contributed by atoms with Crippen LogP contribution in [0.1, 0.15) is 6.42 Å². The second kappa shape index (κ2) is 8.85. The molecule has 0 atom stereocenters. The van der Waals surface area contributed by atoms with E-state index in [0.717, 1.165) is 0 Å². The summed E-state index contributed by atoms with van der Waals surface area (Å²) in [5.74, 6) is 0.225. The molecule has 1 rings (SSSR count). The molecule has 0 aliphatic rings. The quantitative estimate of drug-likeness (QED) is 0.647. The summed E-state index contributed by atoms with van der Waals surface area (Å²) in [5.41, 5.74) is 6.12. The highest BCUT2D eigenvalue weighted by Crippen LogP contribution is 2.36. The number of nitrogens with one attached hydrogen (secondary N) is 2. The lowest BCUT2D eigenvalue weighted by atomic mass is 10.2. The van der Waals surface area contributed by atoms with Gasteiger partial charge < -0.3 is 30.6 Å². The van der Waals surface area contributed by atoms with Crippen LogP contribution in [0.15, 0.2) is 12.1 Å². The number of anilines is 2. The van der Waals surface area contributed by atoms with Crippen molar-refractivity contribution in [2.45, 2.75) is 6.42 Å². The second-order valence-electron chi connectivity index (χ2n) is 4.32. The first-order chi connectivity index (χ1) is 10.5. The molecule has 0 spiro atoms. The smallest absolute Gasteiger partial charge is 0.250 e. The lowest BCUT2D eigenvalue weighted by molar-refractivity contribution is -0.119. The molecule has 8 nitrogen and oxygen atoms in total. The number of nitrogens with two attached hydrogens (primary N) is 1. The Morgan fingerprint density at radius 3 is 1.91 bits per heavy atom. The normalized spacial score (nSPS) is 10.0. The molecule has 1 aromatic carbocycles. The fourth-order valence-corrected chi connectivity index (χ4v) is 1.75. The fraction of sp³-hybridized carbons (Fsp3) is 0.429. The largest absolute Gasteiger partial charge is 0.493 e. The van der Waals surface area contributed by atoms with Crippen LogP contribution in [0, 0.1) is 0 Å². The average molecular weight is 311 g/mol. The van der Waals surface area contributed by atoms with Gasteiger partial charge in [0.1, 0.15) is 6.61 Å². The summed E-state index contributed by atoms with van der Waals surface area (Å²) in [6.45, 7) is 0.120. The Labute approximate surface area is 128 Å². The number of amides is 2. The third-order valence-corrected chi connectivity index (χ3v) is 2.72. The van der Waals surface area contributed by atoms with E-state index in [1.165, 1.54) is 21.3 Å². The van der Waals surface area contributed by atoms with Gasteiger partial charge in [0, 0.05) is 32.2 Å². The fourth-order valence-electron chi connectivity index (χ4n) is 1.75. The average Bonchev–Trinajstić information content (AvgIpc) is 2.48. The lowest BCUT2D eigenvalue weighted by Crippen LogP contribution is -2.21. The molecule has 0 saturated carbocycles. The first-order valence-corrected chi connectivity index (χ1v) is 6.60. The van der Waals surface area contributed by atoms with E-state index in [1.807, 2.05) is 0 Å². The Kier molecular flexibility index (Phi) is 7.14. The van der Waals surface area contributed by atoms with Crippen LogP contribution in [-0.4, -0.2) is 46.3 Å². The number of carbonyl (C=O) groups is 2. The molecular weight excluding hydrogens is 290 g/mol. The van der Waals surface area contributed by atoms with Gasteiger partial charge in [-0.05, 0) is 0 Å². The number of methoxy groups -OCH3 is 3. The molecular formula is C14H21N3O5. The van der Waals surface area contributed by atoms with E-state index in [-0.39, 0.29) is 31.4 Å². The van der Waals surface area contributed by atoms with Crippen LogP contribution < -0.4 is 25.8 Å². The van der Waals surface area contributed by atoms with Crippen LogP contribution in [0.5, 0.6) is 11.5 Å². The lowest BCUT2D eigenvalue weighted by Gasteiger charge is -2.16. The zero-order valence-corrected chi connectivity index (χ0v) is 12.9. The van der Waals surface area contributed by atoms with Crippen molar-refractivity contribution in [2.24, 2.45) is 5.73 Å². The SMILES string of the molecule is COCC(=O)Nc1cc(OC)c(OC)cc1NC(=O)CCN. The monoisotopic (exact) mass is 311 g/mol. The van der Waals surface area contributed by atoms with Gasteiger partial charge in [-0.1, -0.05) is 0 Å². The number of rotatable bonds is 8. The van der Waals surface area contributed by atoms with Crippen molar-refractivity contribution >= 4 is 23.2 Å². The Morgan fingerprint density at radius 1 is 1.00 bits per heavy atom. The third-order valence-electron chi connectivity index (χ3n) is 2.72. The number of hydrogen-bond donors (Lipinski definition) is 3. The highest BCUT2D eigenvalue weighted by atomic mass is 16.5. The van der Waals surface area contributed by atoms with Crippen LogP contribution in [-0.2, 0) is 14.3 Å². The number of benzene rings is 1. The van der Waals surface area contributed by atoms with Gasteiger partial charge in [0.2, 0.25) is 11.8 Å². The van der Waals surface area contributed by atoms with Crippen LogP contribution in [0.4, 0.5) is 11.4 Å². The van der Waals surface area contributed by atoms with Gasteiger partial charge in [0.05, 0.1) is 25.6 Å². The summed E-state index contributed by atoms with van der Waals surface area (Å²) >= 11 is 0. The molecule has 1 aromatic rings. The molecule has 8 heteroatoms. The van der Waals surface area contributed by atoms with Gasteiger partial charge >= 0.3 is 0 Å². The minimum absolute atomic E-state index is 0.107. The first-order valence-electron chi connectivity index (χ1n) is 6.60. The maximum atomic E-state index is 11.7. The summed E-state index contributed by atoms with van der Waals surface area (Å²) in [6.07, 6.45) is 0.166. The molecule has 0 radical (unpaired) electrons. The molecule has 0 heterocycles. The van der Waals surface area contributed by atoms with Gasteiger partial charge in [-0.2, -0.15) is 0 Å². The van der Waals surface area contributed by atoms with Crippen LogP contribution in [0.2, 0.25) is 0 Å². The van der Waals surface area contributed by atoms with Crippen LogP contribution in [0.3, 0.4) is 0 Å². The Balaban J connectivity index is 3.12. The Bertz CT molecular complexity index is 486. The molecule has 4 N–H and O–H groups in total. The molecule has 22 heavy (non-hydrogen) atoms. The van der Waals surface area contributed by atoms with Crippen molar-refractivity contribution in [1.29, 1.82) is 0 Å². The van der Waals surface area contributed by atoms with Crippen molar-refractivity contribution in [3.05, 3.63) is 12.1 Å². The molecule has 2 amide bonds. The molecule has 0 saturated heterocycles. The molecule has 0 aliphatic heterocycles. The van der Waals surface area contributed by atoms with Gasteiger partial charge in [0.25, 0.3) is 0 Å². The van der Waals surface area contributed by atoms with E-state index < -0.39 is 0 Å². The van der Waals surface area contributed by atoms with Crippen molar-refractivity contribution in [3.63, 3.8) is 0 Å². The van der Waals surface area contributed by atoms with Crippen molar-refractivity contribution < 1.29 is 23.8 Å². The Hall–Kier alpha value is -2.32. The topological polar surface area (TPSA) is 112 Å². The zero-order valence-electron chi connectivity index (χ0n) is 12.9. The summed E-state index contributed by atoms with van der Waals surface area (Å²) in [5, 5.41) is 5.31. The molecule has 0 unspecified atom stereocenters. The Morgan fingerprint density at radius 2 is 1.50 bits per heavy atom. The highest BCUT2D eigenvalue weighted by molar-refractivity contribution is 6.00. The predicted octanol–water partition coefficient (Wildman–Crippen LogP) is 0.576. The van der Waals surface area contributed by atoms with E-state index in [0.29, 0.717) is 22.9 Å². The summed E-state index contributed by atoms with van der Waals surface area (Å²) < 4.78 is 15.1. The third kappa shape index (κ3) is 4.90. The van der Waals surface area contributed by atoms with Crippen molar-refractivity contribution in [2.75, 3.05) is 45.1 Å². The van der Waals surface area contributed by atoms with Crippen molar-refractivity contribution in [3.8, 4) is 11.5 Å². The standard InChI is InChI=1S/C14H21N3O5/c1-20-8-14(19)17-10-7-12(22-3)11(21-2)6-9(10)16-13(18)4-5-15/h6-7H,4-5,8,15H2,1-3H3,(H,16,18)(H,17,19). The number of carbonyl (C=O) groups excluding carboxylic acids is 2. The van der Waals surface area contributed by atoms with E-state index in [1.54, 1.807) is 12.1 Å². The molecule has 0 bridgehead atoms. The van der Waals surface area contributed by atoms with E-state index in [4.69, 9.17) is 19.9 Å². The van der Waals surface area contributed by atoms with E-state index in [2.05, 4.69) is 10.6 Å². The van der Waals surface area contributed by atoms with Crippen LogP contribution in [0.25, 0.3) is 0 Å². The number of ether oxygens (including phenoxy) is 3. The summed E-state index contributed by atoms with van der Waals surface area (Å²) in [7, 11) is 4.37. The molecule has 0 fully saturated rings. The minimum Gasteiger partial charge on any atom is -0.493 e. The van der Waals surface area contributed by atoms with Crippen LogP contribution >= 0.6 is 0 Å². The maximum absolute atomic E-state index is 11.7. The first kappa shape index (κ1) is 17.7. The van der Waals surface area contributed by atoms with E-state index >= 15 is 0 Å². The summed E-state index contributed by atoms with van der Waals surface area (Å²) in [4.78, 5) is 23.4. The predicted molar refractivity (Wildman–Crippen MR) is 82.4 cm³/mol. The second-order valence-corrected chi connectivity index (χ2v) is 4.32.